The number of rotatable bonds is 7. The van der Waals surface area contributed by atoms with E-state index in [9.17, 15) is 0 Å². The Morgan fingerprint density at radius 2 is 2.19 bits per heavy atom. The summed E-state index contributed by atoms with van der Waals surface area (Å²) in [6.07, 6.45) is 8.38. The van der Waals surface area contributed by atoms with Crippen molar-refractivity contribution in [2.45, 2.75) is 32.1 Å². The summed E-state index contributed by atoms with van der Waals surface area (Å²) in [5.41, 5.74) is 7.43. The smallest absolute Gasteiger partial charge is 0.0501 e. The quantitative estimate of drug-likeness (QED) is 0.689. The van der Waals surface area contributed by atoms with Crippen LogP contribution in [0, 0.1) is 5.92 Å². The number of nitrogens with zero attached hydrogens (tertiary/aromatic N) is 1. The van der Waals surface area contributed by atoms with Crippen molar-refractivity contribution in [1.29, 1.82) is 0 Å². The first kappa shape index (κ1) is 11.4. The molecule has 2 rings (SSSR count). The van der Waals surface area contributed by atoms with Crippen molar-refractivity contribution in [3.8, 4) is 0 Å². The Hall–Kier alpha value is -1.09. The van der Waals surface area contributed by atoms with Crippen molar-refractivity contribution < 1.29 is 0 Å². The number of aromatic nitrogens is 1. The lowest BCUT2D eigenvalue weighted by molar-refractivity contribution is 0.592. The minimum absolute atomic E-state index is 0.737. The van der Waals surface area contributed by atoms with Gasteiger partial charge in [0.15, 0.2) is 0 Å². The lowest BCUT2D eigenvalue weighted by Gasteiger charge is -2.04. The van der Waals surface area contributed by atoms with E-state index in [-0.39, 0.29) is 0 Å². The van der Waals surface area contributed by atoms with Gasteiger partial charge in [-0.25, -0.2) is 0 Å². The predicted molar refractivity (Wildman–Crippen MR) is 67.2 cm³/mol. The first-order chi connectivity index (χ1) is 7.84. The summed E-state index contributed by atoms with van der Waals surface area (Å²) in [6, 6.07) is 3.91. The summed E-state index contributed by atoms with van der Waals surface area (Å²) in [4.78, 5) is 4.27. The van der Waals surface area contributed by atoms with Crippen LogP contribution in [0.4, 0.5) is 5.69 Å². The zero-order valence-electron chi connectivity index (χ0n) is 9.78. The Labute approximate surface area is 97.5 Å². The summed E-state index contributed by atoms with van der Waals surface area (Å²) >= 11 is 0. The van der Waals surface area contributed by atoms with Gasteiger partial charge in [-0.3, -0.25) is 4.98 Å². The highest BCUT2D eigenvalue weighted by molar-refractivity contribution is 5.34. The summed E-state index contributed by atoms with van der Waals surface area (Å²) < 4.78 is 0. The van der Waals surface area contributed by atoms with Gasteiger partial charge >= 0.3 is 0 Å². The standard InChI is InChI=1S/C13H21N3/c14-12-5-6-13(16-10-12)7-9-15-8-1-2-11-3-4-11/h5-6,10-11,15H,1-4,7-9,14H2. The summed E-state index contributed by atoms with van der Waals surface area (Å²) in [5, 5.41) is 3.46. The highest BCUT2D eigenvalue weighted by Gasteiger charge is 2.19. The molecule has 1 aliphatic rings. The van der Waals surface area contributed by atoms with Crippen LogP contribution in [0.2, 0.25) is 0 Å². The monoisotopic (exact) mass is 219 g/mol. The zero-order chi connectivity index (χ0) is 11.2. The third-order valence-electron chi connectivity index (χ3n) is 3.07. The molecule has 1 heterocycles. The summed E-state index contributed by atoms with van der Waals surface area (Å²) in [7, 11) is 0. The Morgan fingerprint density at radius 3 is 2.88 bits per heavy atom. The van der Waals surface area contributed by atoms with Crippen molar-refractivity contribution in [2.24, 2.45) is 5.92 Å². The Balaban J connectivity index is 1.51. The van der Waals surface area contributed by atoms with Crippen molar-refractivity contribution >= 4 is 5.69 Å². The maximum atomic E-state index is 5.58. The van der Waals surface area contributed by atoms with Crippen molar-refractivity contribution in [3.05, 3.63) is 24.0 Å². The maximum Gasteiger partial charge on any atom is 0.0501 e. The topological polar surface area (TPSA) is 50.9 Å². The molecule has 16 heavy (non-hydrogen) atoms. The fourth-order valence-electron chi connectivity index (χ4n) is 1.85. The predicted octanol–water partition coefficient (Wildman–Crippen LogP) is 1.99. The third-order valence-corrected chi connectivity index (χ3v) is 3.07. The summed E-state index contributed by atoms with van der Waals surface area (Å²) in [5.74, 6) is 1.06. The van der Waals surface area contributed by atoms with Gasteiger partial charge < -0.3 is 11.1 Å². The number of pyridine rings is 1. The second kappa shape index (κ2) is 5.85. The molecule has 0 radical (unpaired) electrons. The molecule has 0 spiro atoms. The first-order valence-electron chi connectivity index (χ1n) is 6.26. The highest BCUT2D eigenvalue weighted by atomic mass is 14.8. The molecule has 1 fully saturated rings. The van der Waals surface area contributed by atoms with Gasteiger partial charge in [0.05, 0.1) is 11.9 Å². The van der Waals surface area contributed by atoms with Crippen LogP contribution in [-0.4, -0.2) is 18.1 Å². The first-order valence-corrected chi connectivity index (χ1v) is 6.26. The van der Waals surface area contributed by atoms with Crippen LogP contribution < -0.4 is 11.1 Å². The van der Waals surface area contributed by atoms with Crippen LogP contribution in [0.15, 0.2) is 18.3 Å². The molecule has 0 amide bonds. The number of nitrogens with one attached hydrogen (secondary N) is 1. The van der Waals surface area contributed by atoms with Crippen molar-refractivity contribution in [3.63, 3.8) is 0 Å². The Morgan fingerprint density at radius 1 is 1.31 bits per heavy atom. The van der Waals surface area contributed by atoms with Gasteiger partial charge in [-0.05, 0) is 37.4 Å². The van der Waals surface area contributed by atoms with E-state index in [1.807, 2.05) is 12.1 Å². The van der Waals surface area contributed by atoms with Gasteiger partial charge in [-0.2, -0.15) is 0 Å². The number of nitrogen functional groups attached to an aromatic ring is 1. The van der Waals surface area contributed by atoms with Crippen LogP contribution >= 0.6 is 0 Å². The van der Waals surface area contributed by atoms with Crippen LogP contribution in [0.3, 0.4) is 0 Å². The lowest BCUT2D eigenvalue weighted by Crippen LogP contribution is -2.19. The summed E-state index contributed by atoms with van der Waals surface area (Å²) in [6.45, 7) is 2.16. The van der Waals surface area contributed by atoms with Gasteiger partial charge in [-0.1, -0.05) is 12.8 Å². The minimum atomic E-state index is 0.737. The van der Waals surface area contributed by atoms with E-state index < -0.39 is 0 Å². The molecule has 1 aliphatic carbocycles. The van der Waals surface area contributed by atoms with Crippen LogP contribution in [-0.2, 0) is 6.42 Å². The largest absolute Gasteiger partial charge is 0.397 e. The minimum Gasteiger partial charge on any atom is -0.397 e. The molecule has 1 aromatic heterocycles. The fourth-order valence-corrected chi connectivity index (χ4v) is 1.85. The second-order valence-electron chi connectivity index (χ2n) is 4.67. The molecular formula is C13H21N3. The average Bonchev–Trinajstić information content (AvgIpc) is 3.10. The molecule has 1 aromatic rings. The molecule has 0 aromatic carbocycles. The lowest BCUT2D eigenvalue weighted by atomic mass is 10.2. The van der Waals surface area contributed by atoms with Crippen molar-refractivity contribution in [1.82, 2.24) is 10.3 Å². The van der Waals surface area contributed by atoms with Crippen LogP contribution in [0.25, 0.3) is 0 Å². The number of hydrogen-bond donors (Lipinski definition) is 2. The molecule has 0 unspecified atom stereocenters. The molecule has 3 heteroatoms. The maximum absolute atomic E-state index is 5.58. The molecule has 0 atom stereocenters. The van der Waals surface area contributed by atoms with Gasteiger partial charge in [-0.15, -0.1) is 0 Å². The zero-order valence-corrected chi connectivity index (χ0v) is 9.78. The van der Waals surface area contributed by atoms with E-state index in [0.717, 1.165) is 36.8 Å². The van der Waals surface area contributed by atoms with E-state index >= 15 is 0 Å². The van der Waals surface area contributed by atoms with E-state index in [0.29, 0.717) is 0 Å². The number of hydrogen-bond acceptors (Lipinski definition) is 3. The molecule has 3 nitrogen and oxygen atoms in total. The molecular weight excluding hydrogens is 198 g/mol. The number of anilines is 1. The van der Waals surface area contributed by atoms with Gasteiger partial charge in [0.2, 0.25) is 0 Å². The normalized spacial score (nSPS) is 15.2. The van der Waals surface area contributed by atoms with Crippen LogP contribution in [0.1, 0.15) is 31.4 Å². The van der Waals surface area contributed by atoms with E-state index in [4.69, 9.17) is 5.73 Å². The SMILES string of the molecule is Nc1ccc(CCNCCCC2CC2)nc1. The van der Waals surface area contributed by atoms with Crippen LogP contribution in [0.5, 0.6) is 0 Å². The highest BCUT2D eigenvalue weighted by Crippen LogP contribution is 2.33. The number of nitrogens with two attached hydrogens (primary N) is 1. The molecule has 88 valence electrons. The van der Waals surface area contributed by atoms with Gasteiger partial charge in [0.1, 0.15) is 0 Å². The third kappa shape index (κ3) is 4.19. The van der Waals surface area contributed by atoms with E-state index in [2.05, 4.69) is 10.3 Å². The molecule has 1 saturated carbocycles. The van der Waals surface area contributed by atoms with E-state index in [1.54, 1.807) is 6.20 Å². The van der Waals surface area contributed by atoms with Gasteiger partial charge in [0, 0.05) is 18.7 Å². The molecule has 0 saturated heterocycles. The fraction of sp³-hybridized carbons (Fsp3) is 0.615. The Bertz CT molecular complexity index is 303. The van der Waals surface area contributed by atoms with Crippen molar-refractivity contribution in [2.75, 3.05) is 18.8 Å². The molecule has 0 aliphatic heterocycles. The van der Waals surface area contributed by atoms with E-state index in [1.165, 1.54) is 25.7 Å². The van der Waals surface area contributed by atoms with Gasteiger partial charge in [0.25, 0.3) is 0 Å². The molecule has 0 bridgehead atoms. The Kier molecular flexibility index (Phi) is 4.17. The molecule has 3 N–H and O–H groups in total. The second-order valence-corrected chi connectivity index (χ2v) is 4.67. The average molecular weight is 219 g/mol.